The number of ether oxygens (including phenoxy) is 1. The van der Waals surface area contributed by atoms with Gasteiger partial charge in [-0.3, -0.25) is 4.79 Å². The number of aliphatic imine (C=N–C) groups is 1. The van der Waals surface area contributed by atoms with Gasteiger partial charge in [-0.15, -0.1) is 13.2 Å². The van der Waals surface area contributed by atoms with Crippen LogP contribution in [0.15, 0.2) is 52.4 Å². The van der Waals surface area contributed by atoms with Crippen molar-refractivity contribution < 1.29 is 22.7 Å². The average Bonchev–Trinajstić information content (AvgIpc) is 2.91. The van der Waals surface area contributed by atoms with Crippen LogP contribution in [0.4, 0.5) is 18.9 Å². The van der Waals surface area contributed by atoms with Crippen LogP contribution >= 0.6 is 11.8 Å². The van der Waals surface area contributed by atoms with E-state index in [4.69, 9.17) is 0 Å². The van der Waals surface area contributed by atoms with E-state index >= 15 is 0 Å². The van der Waals surface area contributed by atoms with E-state index in [2.05, 4.69) is 15.0 Å². The van der Waals surface area contributed by atoms with Crippen LogP contribution in [-0.4, -0.2) is 17.4 Å². The van der Waals surface area contributed by atoms with E-state index in [0.717, 1.165) is 28.6 Å². The third-order valence-corrected chi connectivity index (χ3v) is 4.64. The van der Waals surface area contributed by atoms with Crippen molar-refractivity contribution in [3.63, 3.8) is 0 Å². The fraction of sp³-hybridized carbons (Fsp3) is 0.158. The number of thioether (sulfide) groups is 1. The van der Waals surface area contributed by atoms with Crippen molar-refractivity contribution in [3.05, 3.63) is 64.1 Å². The van der Waals surface area contributed by atoms with Gasteiger partial charge in [0.2, 0.25) is 0 Å². The first-order valence-electron chi connectivity index (χ1n) is 7.93. The van der Waals surface area contributed by atoms with Crippen LogP contribution in [0.25, 0.3) is 6.08 Å². The number of carbonyl (C=O) groups excluding carboxylic acids is 1. The van der Waals surface area contributed by atoms with Crippen molar-refractivity contribution in [1.29, 1.82) is 0 Å². The number of nitrogens with zero attached hydrogens (tertiary/aromatic N) is 1. The Bertz CT molecular complexity index is 932. The summed E-state index contributed by atoms with van der Waals surface area (Å²) < 4.78 is 41.7. The highest BCUT2D eigenvalue weighted by atomic mass is 32.2. The molecule has 1 saturated heterocycles. The molecule has 1 aliphatic heterocycles. The molecule has 0 atom stereocenters. The Morgan fingerprint density at radius 1 is 1.07 bits per heavy atom. The zero-order valence-corrected chi connectivity index (χ0v) is 15.2. The topological polar surface area (TPSA) is 50.7 Å². The summed E-state index contributed by atoms with van der Waals surface area (Å²) in [5, 5.41) is 3.01. The molecule has 1 aliphatic rings. The number of amidine groups is 1. The van der Waals surface area contributed by atoms with Gasteiger partial charge in [0, 0.05) is 5.56 Å². The van der Waals surface area contributed by atoms with Gasteiger partial charge in [-0.25, -0.2) is 4.99 Å². The van der Waals surface area contributed by atoms with Crippen LogP contribution in [0.3, 0.4) is 0 Å². The van der Waals surface area contributed by atoms with Crippen molar-refractivity contribution in [3.8, 4) is 5.75 Å². The van der Waals surface area contributed by atoms with Gasteiger partial charge in [0.1, 0.15) is 5.75 Å². The number of rotatable bonds is 3. The lowest BCUT2D eigenvalue weighted by molar-refractivity contribution is -0.274. The van der Waals surface area contributed by atoms with Crippen molar-refractivity contribution in [2.45, 2.75) is 20.2 Å². The Morgan fingerprint density at radius 2 is 1.74 bits per heavy atom. The molecule has 8 heteroatoms. The van der Waals surface area contributed by atoms with E-state index in [1.807, 2.05) is 32.0 Å². The van der Waals surface area contributed by atoms with Gasteiger partial charge >= 0.3 is 6.36 Å². The molecule has 1 N–H and O–H groups in total. The molecule has 0 spiro atoms. The zero-order chi connectivity index (χ0) is 19.6. The first-order chi connectivity index (χ1) is 12.7. The number of para-hydroxylation sites is 2. The number of aryl methyl sites for hydroxylation is 2. The lowest BCUT2D eigenvalue weighted by atomic mass is 10.1. The summed E-state index contributed by atoms with van der Waals surface area (Å²) in [6.07, 6.45) is -3.46. The summed E-state index contributed by atoms with van der Waals surface area (Å²) in [6.45, 7) is 3.82. The number of carbonyl (C=O) groups is 1. The van der Waals surface area contributed by atoms with Gasteiger partial charge in [-0.1, -0.05) is 36.4 Å². The number of benzene rings is 2. The first kappa shape index (κ1) is 19.0. The van der Waals surface area contributed by atoms with Gasteiger partial charge < -0.3 is 10.1 Å². The van der Waals surface area contributed by atoms with Crippen LogP contribution < -0.4 is 10.1 Å². The maximum Gasteiger partial charge on any atom is 0.573 e. The molecule has 2 aromatic rings. The summed E-state index contributed by atoms with van der Waals surface area (Å²) in [5.41, 5.74) is 2.82. The van der Waals surface area contributed by atoms with Crippen LogP contribution in [0.5, 0.6) is 5.75 Å². The van der Waals surface area contributed by atoms with E-state index in [-0.39, 0.29) is 16.2 Å². The summed E-state index contributed by atoms with van der Waals surface area (Å²) in [7, 11) is 0. The summed E-state index contributed by atoms with van der Waals surface area (Å²) in [4.78, 5) is 16.9. The molecule has 0 unspecified atom stereocenters. The Balaban J connectivity index is 1.90. The van der Waals surface area contributed by atoms with Crippen molar-refractivity contribution in [2.75, 3.05) is 0 Å². The highest BCUT2D eigenvalue weighted by molar-refractivity contribution is 8.18. The highest BCUT2D eigenvalue weighted by Gasteiger charge is 2.32. The number of hydrogen-bond donors (Lipinski definition) is 1. The first-order valence-corrected chi connectivity index (χ1v) is 8.75. The molecule has 4 nitrogen and oxygen atoms in total. The molecule has 0 radical (unpaired) electrons. The second-order valence-electron chi connectivity index (χ2n) is 5.81. The maximum absolute atomic E-state index is 12.5. The SMILES string of the molecule is Cc1cccc(C)c1N=C1NC(=O)/C(=C\c2ccccc2OC(F)(F)F)S1. The molecule has 3 rings (SSSR count). The van der Waals surface area contributed by atoms with E-state index < -0.39 is 12.3 Å². The fourth-order valence-corrected chi connectivity index (χ4v) is 3.34. The van der Waals surface area contributed by atoms with E-state index in [1.54, 1.807) is 6.07 Å². The Labute approximate surface area is 158 Å². The minimum Gasteiger partial charge on any atom is -0.405 e. The molecule has 140 valence electrons. The molecule has 1 heterocycles. The van der Waals surface area contributed by atoms with E-state index in [0.29, 0.717) is 5.17 Å². The Kier molecular flexibility index (Phi) is 5.27. The van der Waals surface area contributed by atoms with Gasteiger partial charge in [0.25, 0.3) is 5.91 Å². The number of amides is 1. The minimum absolute atomic E-state index is 0.154. The van der Waals surface area contributed by atoms with Crippen LogP contribution in [0.1, 0.15) is 16.7 Å². The van der Waals surface area contributed by atoms with Crippen LogP contribution in [0, 0.1) is 13.8 Å². The lowest BCUT2D eigenvalue weighted by Gasteiger charge is -2.11. The average molecular weight is 392 g/mol. The van der Waals surface area contributed by atoms with Crippen molar-refractivity contribution in [2.24, 2.45) is 4.99 Å². The molecule has 1 amide bonds. The minimum atomic E-state index is -4.81. The predicted octanol–water partition coefficient (Wildman–Crippen LogP) is 5.09. The lowest BCUT2D eigenvalue weighted by Crippen LogP contribution is -2.19. The molecule has 0 saturated carbocycles. The van der Waals surface area contributed by atoms with E-state index in [9.17, 15) is 18.0 Å². The second kappa shape index (κ2) is 7.48. The third kappa shape index (κ3) is 4.71. The molecule has 0 aromatic heterocycles. The number of nitrogens with one attached hydrogen (secondary N) is 1. The van der Waals surface area contributed by atoms with Gasteiger partial charge in [0.05, 0.1) is 10.6 Å². The van der Waals surface area contributed by atoms with Crippen LogP contribution in [-0.2, 0) is 4.79 Å². The monoisotopic (exact) mass is 392 g/mol. The standard InChI is InChI=1S/C19H15F3N2O2S/c1-11-6-5-7-12(2)16(11)23-18-24-17(25)15(27-18)10-13-8-3-4-9-14(13)26-19(20,21)22/h3-10H,1-2H3,(H,23,24,25)/b15-10+. The fourth-order valence-electron chi connectivity index (χ4n) is 2.52. The van der Waals surface area contributed by atoms with Crippen molar-refractivity contribution >= 4 is 34.6 Å². The number of hydrogen-bond acceptors (Lipinski definition) is 4. The van der Waals surface area contributed by atoms with Crippen molar-refractivity contribution in [1.82, 2.24) is 5.32 Å². The molecule has 2 aromatic carbocycles. The number of halogens is 3. The Hall–Kier alpha value is -2.74. The number of alkyl halides is 3. The van der Waals surface area contributed by atoms with Gasteiger partial charge in [0.15, 0.2) is 5.17 Å². The smallest absolute Gasteiger partial charge is 0.405 e. The van der Waals surface area contributed by atoms with Gasteiger partial charge in [-0.2, -0.15) is 0 Å². The molecule has 1 fully saturated rings. The maximum atomic E-state index is 12.5. The molecule has 27 heavy (non-hydrogen) atoms. The van der Waals surface area contributed by atoms with Gasteiger partial charge in [-0.05, 0) is 48.9 Å². The zero-order valence-electron chi connectivity index (χ0n) is 14.4. The molecule has 0 bridgehead atoms. The summed E-state index contributed by atoms with van der Waals surface area (Å²) >= 11 is 1.07. The highest BCUT2D eigenvalue weighted by Crippen LogP contribution is 2.33. The second-order valence-corrected chi connectivity index (χ2v) is 6.84. The molecule has 0 aliphatic carbocycles. The van der Waals surface area contributed by atoms with E-state index in [1.165, 1.54) is 24.3 Å². The van der Waals surface area contributed by atoms with Crippen LogP contribution in [0.2, 0.25) is 0 Å². The predicted molar refractivity (Wildman–Crippen MR) is 99.8 cm³/mol. The molecular formula is C19H15F3N2O2S. The molecular weight excluding hydrogens is 377 g/mol. The largest absolute Gasteiger partial charge is 0.573 e. The third-order valence-electron chi connectivity index (χ3n) is 3.74. The normalized spacial score (nSPS) is 17.4. The summed E-state index contributed by atoms with van der Waals surface area (Å²) in [6, 6.07) is 11.4. The summed E-state index contributed by atoms with van der Waals surface area (Å²) in [5.74, 6) is -0.794. The quantitative estimate of drug-likeness (QED) is 0.740. The Morgan fingerprint density at radius 3 is 2.41 bits per heavy atom.